The second-order valence-electron chi connectivity index (χ2n) is 1.64. The van der Waals surface area contributed by atoms with Crippen molar-refractivity contribution >= 4 is 6.41 Å². The average Bonchev–Trinajstić information content (AvgIpc) is 2.22. The predicted molar refractivity (Wildman–Crippen MR) is 22.5 cm³/mol. The van der Waals surface area contributed by atoms with Crippen molar-refractivity contribution in [1.82, 2.24) is 5.32 Å². The highest BCUT2D eigenvalue weighted by molar-refractivity contribution is 5.47. The molecule has 0 heterocycles. The fourth-order valence-corrected chi connectivity index (χ4v) is 0.424. The van der Waals surface area contributed by atoms with Crippen molar-refractivity contribution in [3.05, 3.63) is 0 Å². The first kappa shape index (κ1) is 4.56. The fraction of sp³-hybridized carbons (Fsp3) is 0.750. The lowest BCUT2D eigenvalue weighted by atomic mass is 10.7. The van der Waals surface area contributed by atoms with Gasteiger partial charge in [-0.05, 0) is 0 Å². The maximum absolute atomic E-state index is 11.7. The Balaban J connectivity index is 2.08. The Bertz CT molecular complexity index is 85.8. The van der Waals surface area contributed by atoms with Gasteiger partial charge in [0, 0.05) is 6.42 Å². The van der Waals surface area contributed by atoms with Gasteiger partial charge in [-0.2, -0.15) is 0 Å². The number of hydrogen-bond donors (Lipinski definition) is 1. The van der Waals surface area contributed by atoms with E-state index in [4.69, 9.17) is 0 Å². The van der Waals surface area contributed by atoms with Crippen molar-refractivity contribution < 1.29 is 9.18 Å². The third-order valence-corrected chi connectivity index (χ3v) is 0.995. The molecule has 40 valence electrons. The second kappa shape index (κ2) is 1.48. The van der Waals surface area contributed by atoms with Crippen LogP contribution in [0.5, 0.6) is 0 Å². The van der Waals surface area contributed by atoms with Gasteiger partial charge >= 0.3 is 0 Å². The van der Waals surface area contributed by atoms with E-state index in [1.165, 1.54) is 0 Å². The first-order chi connectivity index (χ1) is 3.34. The number of alkyl halides is 1. The lowest BCUT2D eigenvalue weighted by molar-refractivity contribution is -0.109. The molecule has 1 fully saturated rings. The molecule has 1 aliphatic rings. The lowest BCUT2D eigenvalue weighted by Crippen LogP contribution is -2.15. The molecule has 0 bridgehead atoms. The third-order valence-electron chi connectivity index (χ3n) is 0.995. The SMILES string of the molecule is O=CN[C@@H]1C[C@@H]1F. The summed E-state index contributed by atoms with van der Waals surface area (Å²) in [4.78, 5) is 9.52. The number of rotatable bonds is 2. The number of nitrogens with one attached hydrogen (secondary N) is 1. The van der Waals surface area contributed by atoms with Gasteiger partial charge in [-0.3, -0.25) is 4.79 Å². The molecule has 0 spiro atoms. The largest absolute Gasteiger partial charge is 0.353 e. The van der Waals surface area contributed by atoms with Gasteiger partial charge in [0.2, 0.25) is 6.41 Å². The Morgan fingerprint density at radius 3 is 2.57 bits per heavy atom. The summed E-state index contributed by atoms with van der Waals surface area (Å²) in [5.74, 6) is 0. The maximum Gasteiger partial charge on any atom is 0.207 e. The summed E-state index contributed by atoms with van der Waals surface area (Å²) < 4.78 is 11.7. The number of carbonyl (C=O) groups excluding carboxylic acids is 1. The predicted octanol–water partition coefficient (Wildman–Crippen LogP) is -0.157. The van der Waals surface area contributed by atoms with E-state index < -0.39 is 6.17 Å². The van der Waals surface area contributed by atoms with E-state index >= 15 is 0 Å². The molecule has 1 saturated carbocycles. The summed E-state index contributed by atoms with van der Waals surface area (Å²) in [6.07, 6.45) is 0.258. The second-order valence-corrected chi connectivity index (χ2v) is 1.64. The van der Waals surface area contributed by atoms with E-state index in [9.17, 15) is 9.18 Å². The van der Waals surface area contributed by atoms with E-state index in [1.54, 1.807) is 0 Å². The van der Waals surface area contributed by atoms with Gasteiger partial charge in [-0.1, -0.05) is 0 Å². The highest BCUT2D eigenvalue weighted by atomic mass is 19.1. The van der Waals surface area contributed by atoms with Gasteiger partial charge in [0.15, 0.2) is 0 Å². The van der Waals surface area contributed by atoms with Crippen LogP contribution in [0.4, 0.5) is 4.39 Å². The number of carbonyl (C=O) groups is 1. The van der Waals surface area contributed by atoms with Crippen molar-refractivity contribution in [3.63, 3.8) is 0 Å². The van der Waals surface area contributed by atoms with Crippen LogP contribution in [-0.4, -0.2) is 18.6 Å². The Morgan fingerprint density at radius 2 is 2.43 bits per heavy atom. The Morgan fingerprint density at radius 1 is 1.86 bits per heavy atom. The Hall–Kier alpha value is -0.600. The van der Waals surface area contributed by atoms with Gasteiger partial charge in [0.25, 0.3) is 0 Å². The molecule has 7 heavy (non-hydrogen) atoms. The zero-order valence-corrected chi connectivity index (χ0v) is 3.73. The van der Waals surface area contributed by atoms with Crippen molar-refractivity contribution in [2.45, 2.75) is 18.6 Å². The van der Waals surface area contributed by atoms with E-state index in [0.29, 0.717) is 12.8 Å². The molecule has 0 aromatic rings. The average molecular weight is 103 g/mol. The molecule has 2 nitrogen and oxygen atoms in total. The van der Waals surface area contributed by atoms with Crippen molar-refractivity contribution in [1.29, 1.82) is 0 Å². The van der Waals surface area contributed by atoms with Crippen LogP contribution in [0, 0.1) is 0 Å². The van der Waals surface area contributed by atoms with Crippen LogP contribution in [0.25, 0.3) is 0 Å². The molecule has 0 radical (unpaired) electrons. The van der Waals surface area contributed by atoms with Crippen LogP contribution in [0.15, 0.2) is 0 Å². The van der Waals surface area contributed by atoms with E-state index in [2.05, 4.69) is 5.32 Å². The summed E-state index contributed by atoms with van der Waals surface area (Å²) >= 11 is 0. The summed E-state index contributed by atoms with van der Waals surface area (Å²) in [7, 11) is 0. The molecular weight excluding hydrogens is 97.0 g/mol. The van der Waals surface area contributed by atoms with Crippen molar-refractivity contribution in [2.24, 2.45) is 0 Å². The number of halogens is 1. The molecule has 1 N–H and O–H groups in total. The quantitative estimate of drug-likeness (QED) is 0.483. The Labute approximate surface area is 40.7 Å². The van der Waals surface area contributed by atoms with E-state index in [0.717, 1.165) is 0 Å². The minimum Gasteiger partial charge on any atom is -0.353 e. The first-order valence-electron chi connectivity index (χ1n) is 2.18. The summed E-state index contributed by atoms with van der Waals surface area (Å²) in [5.41, 5.74) is 0. The molecule has 0 unspecified atom stereocenters. The molecule has 1 amide bonds. The van der Waals surface area contributed by atoms with Gasteiger partial charge in [0.05, 0.1) is 6.04 Å². The molecule has 1 rings (SSSR count). The van der Waals surface area contributed by atoms with Crippen LogP contribution in [0.2, 0.25) is 0 Å². The normalized spacial score (nSPS) is 37.3. The lowest BCUT2D eigenvalue weighted by Gasteiger charge is -1.84. The van der Waals surface area contributed by atoms with Crippen LogP contribution in [-0.2, 0) is 4.79 Å². The van der Waals surface area contributed by atoms with Gasteiger partial charge < -0.3 is 5.32 Å². The molecule has 1 aliphatic carbocycles. The maximum atomic E-state index is 11.7. The third kappa shape index (κ3) is 0.885. The van der Waals surface area contributed by atoms with E-state index in [-0.39, 0.29) is 6.04 Å². The molecule has 0 aromatic carbocycles. The molecule has 0 aliphatic heterocycles. The van der Waals surface area contributed by atoms with Gasteiger partial charge in [-0.25, -0.2) is 4.39 Å². The number of amides is 1. The fourth-order valence-electron chi connectivity index (χ4n) is 0.424. The highest BCUT2D eigenvalue weighted by Crippen LogP contribution is 2.23. The monoisotopic (exact) mass is 103 g/mol. The zero-order chi connectivity index (χ0) is 5.28. The standard InChI is InChI=1S/C4H6FNO/c5-3-1-4(3)6-2-7/h2-4H,1H2,(H,6,7)/t3-,4+/m0/s1. The molecule has 0 aromatic heterocycles. The first-order valence-corrected chi connectivity index (χ1v) is 2.18. The van der Waals surface area contributed by atoms with E-state index in [1.807, 2.05) is 0 Å². The summed E-state index contributed by atoms with van der Waals surface area (Å²) in [6, 6.07) is -0.169. The van der Waals surface area contributed by atoms with Crippen molar-refractivity contribution in [3.8, 4) is 0 Å². The smallest absolute Gasteiger partial charge is 0.207 e. The van der Waals surface area contributed by atoms with Gasteiger partial charge in [-0.15, -0.1) is 0 Å². The van der Waals surface area contributed by atoms with Crippen LogP contribution >= 0.6 is 0 Å². The van der Waals surface area contributed by atoms with Gasteiger partial charge in [0.1, 0.15) is 6.17 Å². The molecule has 3 heteroatoms. The van der Waals surface area contributed by atoms with Crippen LogP contribution < -0.4 is 5.32 Å². The zero-order valence-electron chi connectivity index (χ0n) is 3.73. The molecular formula is C4H6FNO. The molecule has 0 saturated heterocycles. The summed E-state index contributed by atoms with van der Waals surface area (Å²) in [5, 5.41) is 2.31. The minimum absolute atomic E-state index is 0.169. The highest BCUT2D eigenvalue weighted by Gasteiger charge is 2.36. The Kier molecular flexibility index (Phi) is 0.964. The topological polar surface area (TPSA) is 29.1 Å². The van der Waals surface area contributed by atoms with Crippen molar-refractivity contribution in [2.75, 3.05) is 0 Å². The number of hydrogen-bond acceptors (Lipinski definition) is 1. The molecule has 2 atom stereocenters. The summed E-state index contributed by atoms with van der Waals surface area (Å²) in [6.45, 7) is 0. The minimum atomic E-state index is -0.773. The van der Waals surface area contributed by atoms with Crippen LogP contribution in [0.3, 0.4) is 0 Å². The van der Waals surface area contributed by atoms with Crippen LogP contribution in [0.1, 0.15) is 6.42 Å².